The zero-order valence-electron chi connectivity index (χ0n) is 12.6. The third kappa shape index (κ3) is 3.41. The third-order valence-corrected chi connectivity index (χ3v) is 5.75. The molecule has 1 aliphatic rings. The molecule has 6 heteroatoms. The standard InChI is InChI=1S/C14H25N3O2S/c1-4-7-15-14(11-6-8-20(18,19)10-11)12-9-17(3)16-13(12)5-2/h9,11,14-15H,4-8,10H2,1-3H3. The molecule has 1 fully saturated rings. The average molecular weight is 299 g/mol. The van der Waals surface area contributed by atoms with Crippen molar-refractivity contribution in [2.45, 2.75) is 39.2 Å². The quantitative estimate of drug-likeness (QED) is 0.864. The molecule has 1 aromatic heterocycles. The van der Waals surface area contributed by atoms with E-state index in [-0.39, 0.29) is 12.0 Å². The van der Waals surface area contributed by atoms with Gasteiger partial charge in [-0.15, -0.1) is 0 Å². The molecule has 2 atom stereocenters. The van der Waals surface area contributed by atoms with Crippen LogP contribution >= 0.6 is 0 Å². The summed E-state index contributed by atoms with van der Waals surface area (Å²) in [6, 6.07) is 0.107. The molecule has 1 aromatic rings. The van der Waals surface area contributed by atoms with Crippen LogP contribution in [0.4, 0.5) is 0 Å². The summed E-state index contributed by atoms with van der Waals surface area (Å²) < 4.78 is 25.4. The van der Waals surface area contributed by atoms with Gasteiger partial charge in [0.05, 0.1) is 17.2 Å². The van der Waals surface area contributed by atoms with Gasteiger partial charge in [-0.05, 0) is 31.7 Å². The number of nitrogens with one attached hydrogen (secondary N) is 1. The smallest absolute Gasteiger partial charge is 0.150 e. The van der Waals surface area contributed by atoms with Gasteiger partial charge in [0.2, 0.25) is 0 Å². The molecule has 0 amide bonds. The Morgan fingerprint density at radius 1 is 1.50 bits per heavy atom. The number of hydrogen-bond donors (Lipinski definition) is 1. The summed E-state index contributed by atoms with van der Waals surface area (Å²) in [5, 5.41) is 8.03. The minimum absolute atomic E-state index is 0.107. The van der Waals surface area contributed by atoms with Crippen molar-refractivity contribution in [2.75, 3.05) is 18.1 Å². The predicted molar refractivity (Wildman–Crippen MR) is 80.4 cm³/mol. The first-order valence-corrected chi connectivity index (χ1v) is 9.25. The Balaban J connectivity index is 2.27. The summed E-state index contributed by atoms with van der Waals surface area (Å²) in [7, 11) is -0.932. The zero-order chi connectivity index (χ0) is 14.8. The highest BCUT2D eigenvalue weighted by molar-refractivity contribution is 7.91. The first kappa shape index (κ1) is 15.5. The summed E-state index contributed by atoms with van der Waals surface area (Å²) in [4.78, 5) is 0. The van der Waals surface area contributed by atoms with E-state index < -0.39 is 9.84 Å². The number of sulfone groups is 1. The Kier molecular flexibility index (Phi) is 4.86. The fourth-order valence-electron chi connectivity index (χ4n) is 3.00. The molecular formula is C14H25N3O2S. The second-order valence-electron chi connectivity index (χ2n) is 5.65. The van der Waals surface area contributed by atoms with Gasteiger partial charge in [0.25, 0.3) is 0 Å². The van der Waals surface area contributed by atoms with Crippen LogP contribution in [0.1, 0.15) is 44.0 Å². The van der Waals surface area contributed by atoms with Gasteiger partial charge in [0.15, 0.2) is 9.84 Å². The number of aromatic nitrogens is 2. The van der Waals surface area contributed by atoms with Crippen molar-refractivity contribution in [3.05, 3.63) is 17.5 Å². The molecule has 20 heavy (non-hydrogen) atoms. The van der Waals surface area contributed by atoms with Crippen LogP contribution in [-0.2, 0) is 23.3 Å². The van der Waals surface area contributed by atoms with E-state index in [4.69, 9.17) is 0 Å². The van der Waals surface area contributed by atoms with E-state index in [1.165, 1.54) is 5.56 Å². The van der Waals surface area contributed by atoms with E-state index in [1.54, 1.807) is 0 Å². The Morgan fingerprint density at radius 2 is 2.25 bits per heavy atom. The Labute approximate surface area is 121 Å². The summed E-state index contributed by atoms with van der Waals surface area (Å²) in [5.41, 5.74) is 2.25. The zero-order valence-corrected chi connectivity index (χ0v) is 13.4. The third-order valence-electron chi connectivity index (χ3n) is 3.96. The van der Waals surface area contributed by atoms with Gasteiger partial charge in [-0.2, -0.15) is 5.10 Å². The maximum atomic E-state index is 11.8. The van der Waals surface area contributed by atoms with E-state index >= 15 is 0 Å². The van der Waals surface area contributed by atoms with Crippen LogP contribution in [0.2, 0.25) is 0 Å². The molecule has 0 bridgehead atoms. The Hall–Kier alpha value is -0.880. The summed E-state index contributed by atoms with van der Waals surface area (Å²) in [5.74, 6) is 0.789. The van der Waals surface area contributed by atoms with Crippen molar-refractivity contribution in [3.63, 3.8) is 0 Å². The maximum absolute atomic E-state index is 11.8. The van der Waals surface area contributed by atoms with Crippen molar-refractivity contribution in [1.29, 1.82) is 0 Å². The first-order chi connectivity index (χ1) is 9.46. The number of rotatable bonds is 6. The second kappa shape index (κ2) is 6.26. The van der Waals surface area contributed by atoms with E-state index in [0.29, 0.717) is 11.5 Å². The highest BCUT2D eigenvalue weighted by atomic mass is 32.2. The van der Waals surface area contributed by atoms with Gasteiger partial charge >= 0.3 is 0 Å². The lowest BCUT2D eigenvalue weighted by atomic mass is 9.92. The van der Waals surface area contributed by atoms with Crippen molar-refractivity contribution >= 4 is 9.84 Å². The van der Waals surface area contributed by atoms with E-state index in [1.807, 2.05) is 17.9 Å². The Bertz CT molecular complexity index is 551. The van der Waals surface area contributed by atoms with Crippen LogP contribution in [-0.4, -0.2) is 36.2 Å². The summed E-state index contributed by atoms with van der Waals surface area (Å²) >= 11 is 0. The SMILES string of the molecule is CCCNC(c1cn(C)nc1CC)C1CCS(=O)(=O)C1. The van der Waals surface area contributed by atoms with E-state index in [2.05, 4.69) is 24.3 Å². The lowest BCUT2D eigenvalue weighted by Gasteiger charge is -2.24. The fraction of sp³-hybridized carbons (Fsp3) is 0.786. The van der Waals surface area contributed by atoms with Gasteiger partial charge in [-0.1, -0.05) is 13.8 Å². The number of hydrogen-bond acceptors (Lipinski definition) is 4. The Morgan fingerprint density at radius 3 is 2.80 bits per heavy atom. The molecule has 1 aliphatic heterocycles. The second-order valence-corrected chi connectivity index (χ2v) is 7.88. The molecular weight excluding hydrogens is 274 g/mol. The molecule has 0 radical (unpaired) electrons. The van der Waals surface area contributed by atoms with E-state index in [9.17, 15) is 8.42 Å². The van der Waals surface area contributed by atoms with Crippen LogP contribution in [0.15, 0.2) is 6.20 Å². The van der Waals surface area contributed by atoms with Crippen molar-refractivity contribution < 1.29 is 8.42 Å². The molecule has 114 valence electrons. The highest BCUT2D eigenvalue weighted by Crippen LogP contribution is 2.33. The summed E-state index contributed by atoms with van der Waals surface area (Å²) in [6.45, 7) is 5.12. The van der Waals surface area contributed by atoms with Crippen molar-refractivity contribution in [2.24, 2.45) is 13.0 Å². The van der Waals surface area contributed by atoms with Crippen molar-refractivity contribution in [3.8, 4) is 0 Å². The largest absolute Gasteiger partial charge is 0.310 e. The minimum atomic E-state index is -2.85. The molecule has 0 aromatic carbocycles. The summed E-state index contributed by atoms with van der Waals surface area (Å²) in [6.07, 6.45) is 4.70. The van der Waals surface area contributed by atoms with Crippen LogP contribution in [0, 0.1) is 5.92 Å². The highest BCUT2D eigenvalue weighted by Gasteiger charge is 2.35. The van der Waals surface area contributed by atoms with Gasteiger partial charge in [-0.25, -0.2) is 8.42 Å². The van der Waals surface area contributed by atoms with Crippen LogP contribution in [0.3, 0.4) is 0 Å². The van der Waals surface area contributed by atoms with Crippen LogP contribution < -0.4 is 5.32 Å². The lowest BCUT2D eigenvalue weighted by molar-refractivity contribution is 0.390. The molecule has 0 aliphatic carbocycles. The van der Waals surface area contributed by atoms with Gasteiger partial charge < -0.3 is 5.32 Å². The van der Waals surface area contributed by atoms with Gasteiger partial charge in [0, 0.05) is 24.8 Å². The van der Waals surface area contributed by atoms with Gasteiger partial charge in [0.1, 0.15) is 0 Å². The van der Waals surface area contributed by atoms with E-state index in [0.717, 1.165) is 31.5 Å². The molecule has 2 unspecified atom stereocenters. The van der Waals surface area contributed by atoms with Crippen LogP contribution in [0.5, 0.6) is 0 Å². The molecule has 0 spiro atoms. The molecule has 2 heterocycles. The molecule has 1 N–H and O–H groups in total. The monoisotopic (exact) mass is 299 g/mol. The molecule has 0 saturated carbocycles. The molecule has 2 rings (SSSR count). The minimum Gasteiger partial charge on any atom is -0.310 e. The van der Waals surface area contributed by atoms with Gasteiger partial charge in [-0.3, -0.25) is 4.68 Å². The van der Waals surface area contributed by atoms with Crippen LogP contribution in [0.25, 0.3) is 0 Å². The topological polar surface area (TPSA) is 64.0 Å². The fourth-order valence-corrected chi connectivity index (χ4v) is 4.84. The number of aryl methyl sites for hydroxylation is 2. The lowest BCUT2D eigenvalue weighted by Crippen LogP contribution is -2.30. The maximum Gasteiger partial charge on any atom is 0.150 e. The predicted octanol–water partition coefficient (Wildman–Crippen LogP) is 1.46. The number of nitrogens with zero attached hydrogens (tertiary/aromatic N) is 2. The molecule has 5 nitrogen and oxygen atoms in total. The molecule has 1 saturated heterocycles. The normalized spacial score (nSPS) is 23.1. The first-order valence-electron chi connectivity index (χ1n) is 7.43. The van der Waals surface area contributed by atoms with Crippen molar-refractivity contribution in [1.82, 2.24) is 15.1 Å². The average Bonchev–Trinajstić information content (AvgIpc) is 2.93.